The van der Waals surface area contributed by atoms with E-state index in [9.17, 15) is 14.0 Å². The molecule has 0 aliphatic heterocycles. The number of aromatic nitrogens is 1. The standard InChI is InChI=1S/C22H20FN3O2/c1-15(27)16-6-9-19(10-7-16)26-22(28)18-8-11-21(25-14-18)24-13-12-17-4-2-3-5-20(17)23/h2-11,14H,12-13H2,1H3,(H,24,25)(H,26,28). The molecule has 0 bridgehead atoms. The van der Waals surface area contributed by atoms with Gasteiger partial charge in [0.1, 0.15) is 11.6 Å². The van der Waals surface area contributed by atoms with Gasteiger partial charge in [0.05, 0.1) is 5.56 Å². The van der Waals surface area contributed by atoms with Crippen molar-refractivity contribution >= 4 is 23.2 Å². The van der Waals surface area contributed by atoms with E-state index in [-0.39, 0.29) is 17.5 Å². The van der Waals surface area contributed by atoms with E-state index in [2.05, 4.69) is 15.6 Å². The summed E-state index contributed by atoms with van der Waals surface area (Å²) >= 11 is 0. The summed E-state index contributed by atoms with van der Waals surface area (Å²) in [4.78, 5) is 27.8. The molecule has 3 rings (SSSR count). The molecule has 6 heteroatoms. The van der Waals surface area contributed by atoms with Gasteiger partial charge in [-0.3, -0.25) is 9.59 Å². The largest absolute Gasteiger partial charge is 0.370 e. The summed E-state index contributed by atoms with van der Waals surface area (Å²) in [6.07, 6.45) is 2.01. The molecule has 5 nitrogen and oxygen atoms in total. The number of halogens is 1. The number of anilines is 2. The maximum atomic E-state index is 13.6. The first kappa shape index (κ1) is 19.2. The van der Waals surface area contributed by atoms with E-state index < -0.39 is 0 Å². The zero-order valence-electron chi connectivity index (χ0n) is 15.4. The maximum Gasteiger partial charge on any atom is 0.257 e. The third-order valence-electron chi connectivity index (χ3n) is 4.23. The summed E-state index contributed by atoms with van der Waals surface area (Å²) in [5.74, 6) is 0.0699. The number of ketones is 1. The summed E-state index contributed by atoms with van der Waals surface area (Å²) in [5, 5.41) is 5.87. The number of nitrogens with one attached hydrogen (secondary N) is 2. The number of benzene rings is 2. The van der Waals surface area contributed by atoms with Crippen LogP contribution in [0.2, 0.25) is 0 Å². The fourth-order valence-corrected chi connectivity index (χ4v) is 2.65. The smallest absolute Gasteiger partial charge is 0.257 e. The number of pyridine rings is 1. The van der Waals surface area contributed by atoms with Crippen LogP contribution in [0.3, 0.4) is 0 Å². The summed E-state index contributed by atoms with van der Waals surface area (Å²) in [6, 6.07) is 16.7. The minimum absolute atomic E-state index is 0.0276. The van der Waals surface area contributed by atoms with E-state index in [0.29, 0.717) is 41.2 Å². The molecule has 2 N–H and O–H groups in total. The van der Waals surface area contributed by atoms with E-state index in [4.69, 9.17) is 0 Å². The Morgan fingerprint density at radius 3 is 2.32 bits per heavy atom. The fraction of sp³-hybridized carbons (Fsp3) is 0.136. The highest BCUT2D eigenvalue weighted by molar-refractivity contribution is 6.04. The second kappa shape index (κ2) is 8.90. The number of amides is 1. The molecule has 0 atom stereocenters. The molecule has 0 spiro atoms. The summed E-state index contributed by atoms with van der Waals surface area (Å²) in [7, 11) is 0. The molecule has 0 saturated heterocycles. The highest BCUT2D eigenvalue weighted by Crippen LogP contribution is 2.13. The highest BCUT2D eigenvalue weighted by atomic mass is 19.1. The lowest BCUT2D eigenvalue weighted by Gasteiger charge is -2.08. The molecule has 0 aliphatic rings. The molecule has 1 heterocycles. The van der Waals surface area contributed by atoms with E-state index >= 15 is 0 Å². The van der Waals surface area contributed by atoms with Crippen LogP contribution in [0.4, 0.5) is 15.9 Å². The molecule has 0 aliphatic carbocycles. The van der Waals surface area contributed by atoms with E-state index in [1.54, 1.807) is 54.6 Å². The van der Waals surface area contributed by atoms with Crippen LogP contribution >= 0.6 is 0 Å². The van der Waals surface area contributed by atoms with E-state index in [0.717, 1.165) is 0 Å². The maximum absolute atomic E-state index is 13.6. The predicted molar refractivity (Wildman–Crippen MR) is 107 cm³/mol. The summed E-state index contributed by atoms with van der Waals surface area (Å²) in [6.45, 7) is 2.02. The number of Topliss-reactive ketones (excluding diaryl/α,β-unsaturated/α-hetero) is 1. The van der Waals surface area contributed by atoms with Crippen molar-refractivity contribution in [3.8, 4) is 0 Å². The highest BCUT2D eigenvalue weighted by Gasteiger charge is 2.08. The second-order valence-corrected chi connectivity index (χ2v) is 6.29. The number of nitrogens with zero attached hydrogens (tertiary/aromatic N) is 1. The van der Waals surface area contributed by atoms with Gasteiger partial charge in [0.25, 0.3) is 5.91 Å². The van der Waals surface area contributed by atoms with Crippen LogP contribution in [-0.2, 0) is 6.42 Å². The van der Waals surface area contributed by atoms with Gasteiger partial charge >= 0.3 is 0 Å². The number of hydrogen-bond acceptors (Lipinski definition) is 4. The van der Waals surface area contributed by atoms with E-state index in [1.165, 1.54) is 19.2 Å². The Balaban J connectivity index is 1.53. The monoisotopic (exact) mass is 377 g/mol. The Bertz CT molecular complexity index is 970. The fourth-order valence-electron chi connectivity index (χ4n) is 2.65. The minimum Gasteiger partial charge on any atom is -0.370 e. The number of hydrogen-bond donors (Lipinski definition) is 2. The van der Waals surface area contributed by atoms with Crippen molar-refractivity contribution in [2.24, 2.45) is 0 Å². The lowest BCUT2D eigenvalue weighted by molar-refractivity contribution is 0.101. The van der Waals surface area contributed by atoms with Gasteiger partial charge in [-0.1, -0.05) is 18.2 Å². The normalized spacial score (nSPS) is 10.4. The Morgan fingerprint density at radius 2 is 1.68 bits per heavy atom. The molecule has 142 valence electrons. The van der Waals surface area contributed by atoms with Gasteiger partial charge in [-0.25, -0.2) is 9.37 Å². The van der Waals surface area contributed by atoms with Crippen molar-refractivity contribution < 1.29 is 14.0 Å². The third kappa shape index (κ3) is 5.01. The Kier molecular flexibility index (Phi) is 6.11. The number of rotatable bonds is 7. The first-order chi connectivity index (χ1) is 13.5. The second-order valence-electron chi connectivity index (χ2n) is 6.29. The first-order valence-corrected chi connectivity index (χ1v) is 8.88. The molecule has 1 amide bonds. The van der Waals surface area contributed by atoms with Crippen LogP contribution in [0.15, 0.2) is 66.9 Å². The van der Waals surface area contributed by atoms with Gasteiger partial charge in [-0.15, -0.1) is 0 Å². The zero-order chi connectivity index (χ0) is 19.9. The minimum atomic E-state index is -0.291. The Hall–Kier alpha value is -3.54. The number of carbonyl (C=O) groups is 2. The van der Waals surface area contributed by atoms with Crippen LogP contribution in [0.5, 0.6) is 0 Å². The van der Waals surface area contributed by atoms with Gasteiger partial charge in [-0.05, 0) is 61.4 Å². The van der Waals surface area contributed by atoms with Crippen molar-refractivity contribution in [1.29, 1.82) is 0 Å². The molecule has 0 radical (unpaired) electrons. The topological polar surface area (TPSA) is 71.1 Å². The lowest BCUT2D eigenvalue weighted by atomic mass is 10.1. The van der Waals surface area contributed by atoms with Gasteiger partial charge in [-0.2, -0.15) is 0 Å². The molecule has 0 saturated carbocycles. The van der Waals surface area contributed by atoms with Crippen LogP contribution in [0, 0.1) is 5.82 Å². The van der Waals surface area contributed by atoms with Crippen LogP contribution in [-0.4, -0.2) is 23.2 Å². The summed E-state index contributed by atoms with van der Waals surface area (Å²) in [5.41, 5.74) is 2.24. The third-order valence-corrected chi connectivity index (χ3v) is 4.23. The lowest BCUT2D eigenvalue weighted by Crippen LogP contribution is -2.13. The van der Waals surface area contributed by atoms with Crippen molar-refractivity contribution in [2.45, 2.75) is 13.3 Å². The predicted octanol–water partition coefficient (Wildman–Crippen LogP) is 4.33. The molecule has 2 aromatic carbocycles. The SMILES string of the molecule is CC(=O)c1ccc(NC(=O)c2ccc(NCCc3ccccc3F)nc2)cc1. The molecular formula is C22H20FN3O2. The van der Waals surface area contributed by atoms with Gasteiger partial charge in [0.2, 0.25) is 0 Å². The van der Waals surface area contributed by atoms with Crippen molar-refractivity contribution in [1.82, 2.24) is 4.98 Å². The van der Waals surface area contributed by atoms with Gasteiger partial charge in [0.15, 0.2) is 5.78 Å². The van der Waals surface area contributed by atoms with Crippen molar-refractivity contribution in [3.63, 3.8) is 0 Å². The molecule has 28 heavy (non-hydrogen) atoms. The molecule has 0 fully saturated rings. The average molecular weight is 377 g/mol. The van der Waals surface area contributed by atoms with Gasteiger partial charge in [0, 0.05) is 24.0 Å². The molecule has 1 aromatic heterocycles. The first-order valence-electron chi connectivity index (χ1n) is 8.88. The van der Waals surface area contributed by atoms with Crippen LogP contribution in [0.25, 0.3) is 0 Å². The molecule has 3 aromatic rings. The van der Waals surface area contributed by atoms with Crippen LogP contribution < -0.4 is 10.6 Å². The molecular weight excluding hydrogens is 357 g/mol. The van der Waals surface area contributed by atoms with E-state index in [1.807, 2.05) is 0 Å². The van der Waals surface area contributed by atoms with Crippen molar-refractivity contribution in [3.05, 3.63) is 89.4 Å². The molecule has 0 unspecified atom stereocenters. The number of carbonyl (C=O) groups excluding carboxylic acids is 2. The summed E-state index contributed by atoms with van der Waals surface area (Å²) < 4.78 is 13.6. The van der Waals surface area contributed by atoms with Crippen molar-refractivity contribution in [2.75, 3.05) is 17.2 Å². The Morgan fingerprint density at radius 1 is 0.964 bits per heavy atom. The van der Waals surface area contributed by atoms with Gasteiger partial charge < -0.3 is 10.6 Å². The average Bonchev–Trinajstić information content (AvgIpc) is 2.70. The quantitative estimate of drug-likeness (QED) is 0.601. The Labute approximate surface area is 162 Å². The van der Waals surface area contributed by atoms with Crippen LogP contribution in [0.1, 0.15) is 33.2 Å². The zero-order valence-corrected chi connectivity index (χ0v) is 15.4.